The van der Waals surface area contributed by atoms with Crippen molar-refractivity contribution in [3.63, 3.8) is 0 Å². The van der Waals surface area contributed by atoms with Crippen LogP contribution in [0, 0.1) is 11.5 Å². The minimum Gasteiger partial charge on any atom is -0.501 e. The summed E-state index contributed by atoms with van der Waals surface area (Å²) >= 11 is 0. The van der Waals surface area contributed by atoms with Crippen molar-refractivity contribution in [1.29, 1.82) is 0 Å². The third-order valence-electron chi connectivity index (χ3n) is 3.48. The SMILES string of the molecule is CC1=[C-]CC=C1.COC(C)=CC(=COc1ccccc1)C(C)(C)C.C[SiH]C.[Ti]. The third-order valence-corrected chi connectivity index (χ3v) is 3.48. The first-order valence-electron chi connectivity index (χ1n) is 9.37. The van der Waals surface area contributed by atoms with Gasteiger partial charge in [-0.2, -0.15) is 6.08 Å². The van der Waals surface area contributed by atoms with Gasteiger partial charge in [-0.05, 0) is 36.1 Å². The average molecular weight is 433 g/mol. The molecule has 1 aliphatic carbocycles. The normalized spacial score (nSPS) is 13.2. The summed E-state index contributed by atoms with van der Waals surface area (Å²) in [4.78, 5) is 0. The summed E-state index contributed by atoms with van der Waals surface area (Å²) in [6.07, 6.45) is 12.1. The van der Waals surface area contributed by atoms with E-state index < -0.39 is 0 Å². The molecule has 0 N–H and O–H groups in total. The Bertz CT molecular complexity index is 636. The largest absolute Gasteiger partial charge is 0.501 e. The zero-order valence-electron chi connectivity index (χ0n) is 18.8. The standard InChI is InChI=1S/C16H22O2.C6H7.C2H7Si.Ti/c1-13(17-5)11-14(16(2,3)4)12-18-15-9-7-6-8-10-15;1-6-4-2-3-5-6;1-3-2;/h6-12H,1-5H3;2,4H,3H2,1H3;3H,1-2H3;/q;-1;;. The number of para-hydroxylation sites is 1. The van der Waals surface area contributed by atoms with Crippen molar-refractivity contribution < 1.29 is 31.2 Å². The Morgan fingerprint density at radius 2 is 1.71 bits per heavy atom. The Balaban J connectivity index is 0. The number of rotatable bonds is 4. The van der Waals surface area contributed by atoms with E-state index in [1.54, 1.807) is 13.4 Å². The Morgan fingerprint density at radius 3 is 2.07 bits per heavy atom. The fraction of sp³-hybridized carbons (Fsp3) is 0.417. The first kappa shape index (κ1) is 28.9. The number of methoxy groups -OCH3 is 1. The number of benzene rings is 1. The van der Waals surface area contributed by atoms with Gasteiger partial charge in [-0.15, -0.1) is 6.42 Å². The molecule has 0 unspecified atom stereocenters. The van der Waals surface area contributed by atoms with Crippen LogP contribution in [0.15, 0.2) is 71.7 Å². The van der Waals surface area contributed by atoms with Crippen LogP contribution in [0.5, 0.6) is 5.75 Å². The fourth-order valence-electron chi connectivity index (χ4n) is 1.85. The maximum absolute atomic E-state index is 5.68. The van der Waals surface area contributed by atoms with E-state index in [0.717, 1.165) is 33.0 Å². The molecule has 0 fully saturated rings. The van der Waals surface area contributed by atoms with Crippen LogP contribution in [0.4, 0.5) is 0 Å². The molecule has 2 rings (SSSR count). The summed E-state index contributed by atoms with van der Waals surface area (Å²) in [5.41, 5.74) is 2.37. The predicted molar refractivity (Wildman–Crippen MR) is 120 cm³/mol. The molecule has 0 saturated carbocycles. The van der Waals surface area contributed by atoms with Gasteiger partial charge in [0.1, 0.15) is 5.75 Å². The number of hydrogen-bond acceptors (Lipinski definition) is 2. The van der Waals surface area contributed by atoms with Gasteiger partial charge < -0.3 is 9.47 Å². The van der Waals surface area contributed by atoms with Crippen LogP contribution in [0.25, 0.3) is 0 Å². The molecule has 0 heterocycles. The van der Waals surface area contributed by atoms with Gasteiger partial charge in [-0.3, -0.25) is 6.08 Å². The van der Waals surface area contributed by atoms with Crippen LogP contribution >= 0.6 is 0 Å². The summed E-state index contributed by atoms with van der Waals surface area (Å²) in [6, 6.07) is 9.75. The fourth-order valence-corrected chi connectivity index (χ4v) is 1.85. The molecule has 0 bridgehead atoms. The monoisotopic (exact) mass is 432 g/mol. The Kier molecular flexibility index (Phi) is 17.2. The first-order valence-corrected chi connectivity index (χ1v) is 11.7. The van der Waals surface area contributed by atoms with Gasteiger partial charge in [0.05, 0.1) is 19.1 Å². The van der Waals surface area contributed by atoms with E-state index >= 15 is 0 Å². The molecule has 28 heavy (non-hydrogen) atoms. The molecule has 1 aromatic rings. The average Bonchev–Trinajstić information content (AvgIpc) is 3.10. The second kappa shape index (κ2) is 16.6. The van der Waals surface area contributed by atoms with Crippen molar-refractivity contribution in [2.75, 3.05) is 7.11 Å². The van der Waals surface area contributed by atoms with Crippen LogP contribution in [0.3, 0.4) is 0 Å². The van der Waals surface area contributed by atoms with Gasteiger partial charge in [0, 0.05) is 31.2 Å². The van der Waals surface area contributed by atoms with Gasteiger partial charge in [-0.1, -0.05) is 59.0 Å². The van der Waals surface area contributed by atoms with Crippen molar-refractivity contribution in [2.45, 2.75) is 54.1 Å². The number of hydrogen-bond donors (Lipinski definition) is 0. The summed E-state index contributed by atoms with van der Waals surface area (Å²) in [6.45, 7) is 14.8. The van der Waals surface area contributed by atoms with E-state index in [1.807, 2.05) is 43.3 Å². The quantitative estimate of drug-likeness (QED) is 0.227. The molecule has 1 aromatic carbocycles. The van der Waals surface area contributed by atoms with Crippen molar-refractivity contribution in [1.82, 2.24) is 0 Å². The Hall–Kier alpha value is -1.29. The summed E-state index contributed by atoms with van der Waals surface area (Å²) in [5, 5.41) is 0. The van der Waals surface area contributed by atoms with Gasteiger partial charge in [0.15, 0.2) is 0 Å². The van der Waals surface area contributed by atoms with Crippen molar-refractivity contribution in [3.05, 3.63) is 77.8 Å². The minimum atomic E-state index is 0. The molecule has 0 spiro atoms. The van der Waals surface area contributed by atoms with Crippen LogP contribution < -0.4 is 4.74 Å². The molecule has 2 nitrogen and oxygen atoms in total. The van der Waals surface area contributed by atoms with Gasteiger partial charge in [0.25, 0.3) is 0 Å². The van der Waals surface area contributed by atoms with E-state index in [-0.39, 0.29) is 27.1 Å². The molecule has 0 aromatic heterocycles. The zero-order valence-corrected chi connectivity index (χ0v) is 21.5. The van der Waals surface area contributed by atoms with Crippen LogP contribution in [0.1, 0.15) is 41.0 Å². The molecule has 1 aliphatic rings. The molecule has 0 atom stereocenters. The van der Waals surface area contributed by atoms with Gasteiger partial charge >= 0.3 is 0 Å². The van der Waals surface area contributed by atoms with E-state index in [0.29, 0.717) is 0 Å². The predicted octanol–water partition coefficient (Wildman–Crippen LogP) is 6.76. The molecular formula is C24H36O2SiTi-. The molecule has 0 amide bonds. The third kappa shape index (κ3) is 14.7. The first-order chi connectivity index (χ1) is 12.7. The van der Waals surface area contributed by atoms with Crippen molar-refractivity contribution in [2.24, 2.45) is 5.41 Å². The summed E-state index contributed by atoms with van der Waals surface area (Å²) < 4.78 is 10.9. The Morgan fingerprint density at radius 1 is 1.14 bits per heavy atom. The topological polar surface area (TPSA) is 18.5 Å². The van der Waals surface area contributed by atoms with Crippen molar-refractivity contribution in [3.8, 4) is 5.75 Å². The van der Waals surface area contributed by atoms with Crippen molar-refractivity contribution >= 4 is 9.52 Å². The van der Waals surface area contributed by atoms with Crippen LogP contribution in [0.2, 0.25) is 13.1 Å². The summed E-state index contributed by atoms with van der Waals surface area (Å²) in [5.74, 6) is 1.70. The molecule has 4 heteroatoms. The van der Waals surface area contributed by atoms with E-state index in [2.05, 4.69) is 59.0 Å². The molecule has 0 aliphatic heterocycles. The Labute approximate surface area is 190 Å². The second-order valence-electron chi connectivity index (χ2n) is 7.26. The number of allylic oxidation sites excluding steroid dienone is 7. The van der Waals surface area contributed by atoms with E-state index in [4.69, 9.17) is 9.47 Å². The maximum Gasteiger partial charge on any atom is 0.126 e. The molecule has 153 valence electrons. The smallest absolute Gasteiger partial charge is 0.126 e. The maximum atomic E-state index is 5.68. The minimum absolute atomic E-state index is 0. The van der Waals surface area contributed by atoms with E-state index in [1.165, 1.54) is 5.57 Å². The molecule has 1 radical (unpaired) electrons. The summed E-state index contributed by atoms with van der Waals surface area (Å²) in [7, 11) is 2.42. The van der Waals surface area contributed by atoms with Gasteiger partial charge in [0.2, 0.25) is 0 Å². The zero-order chi connectivity index (χ0) is 20.7. The molecule has 0 saturated heterocycles. The van der Waals surface area contributed by atoms with Gasteiger partial charge in [-0.25, -0.2) is 11.6 Å². The van der Waals surface area contributed by atoms with Crippen LogP contribution in [-0.2, 0) is 26.5 Å². The van der Waals surface area contributed by atoms with Crippen LogP contribution in [-0.4, -0.2) is 16.6 Å². The molecular weight excluding hydrogens is 396 g/mol. The number of ether oxygens (including phenoxy) is 2. The van der Waals surface area contributed by atoms with E-state index in [9.17, 15) is 0 Å². The second-order valence-corrected chi connectivity index (χ2v) is 8.41.